The van der Waals surface area contributed by atoms with Crippen LogP contribution in [0, 0.1) is 0 Å². The van der Waals surface area contributed by atoms with Crippen molar-refractivity contribution in [3.8, 4) is 0 Å². The molecule has 0 spiro atoms. The zero-order chi connectivity index (χ0) is 28.3. The van der Waals surface area contributed by atoms with Crippen LogP contribution in [0.3, 0.4) is 0 Å². The summed E-state index contributed by atoms with van der Waals surface area (Å²) in [5.41, 5.74) is -1.76. The minimum atomic E-state index is -0.915. The van der Waals surface area contributed by atoms with Crippen molar-refractivity contribution in [3.63, 3.8) is 0 Å². The number of hydrogen-bond donors (Lipinski definition) is 2. The molecule has 14 heteroatoms. The van der Waals surface area contributed by atoms with Crippen molar-refractivity contribution in [3.05, 3.63) is 33.1 Å². The number of thioether (sulfide) groups is 1. The maximum Gasteiger partial charge on any atom is 0.408 e. The maximum atomic E-state index is 13.2. The van der Waals surface area contributed by atoms with Crippen LogP contribution in [0.2, 0.25) is 0 Å². The Bertz CT molecular complexity index is 1110. The van der Waals surface area contributed by atoms with E-state index < -0.39 is 65.3 Å². The topological polar surface area (TPSA) is 157 Å². The van der Waals surface area contributed by atoms with Crippen LogP contribution in [0.25, 0.3) is 0 Å². The molecule has 2 saturated heterocycles. The number of nitrogens with one attached hydrogen (secondary N) is 1. The highest BCUT2D eigenvalue weighted by molar-refractivity contribution is 7.99. The molecule has 0 aliphatic carbocycles. The molecule has 2 N–H and O–H groups in total. The SMILES string of the molecule is COC(=O)[C@H](CSCCCn1c(=O)ccn([C@@H]2O[C@H](CO)[C@H]3OC(C)(C)O[C@H]32)c1=O)NC(=O)OC(C)(C)C. The van der Waals surface area contributed by atoms with Gasteiger partial charge in [0.2, 0.25) is 0 Å². The van der Waals surface area contributed by atoms with E-state index in [4.69, 9.17) is 23.7 Å². The van der Waals surface area contributed by atoms with Crippen molar-refractivity contribution in [2.24, 2.45) is 0 Å². The lowest BCUT2D eigenvalue weighted by Crippen LogP contribution is -2.45. The lowest BCUT2D eigenvalue weighted by Gasteiger charge is -2.24. The molecule has 1 amide bonds. The monoisotopic (exact) mass is 559 g/mol. The minimum absolute atomic E-state index is 0.126. The van der Waals surface area contributed by atoms with Crippen molar-refractivity contribution in [1.29, 1.82) is 0 Å². The van der Waals surface area contributed by atoms with Gasteiger partial charge in [-0.3, -0.25) is 13.9 Å². The van der Waals surface area contributed by atoms with Crippen molar-refractivity contribution >= 4 is 23.8 Å². The zero-order valence-corrected chi connectivity index (χ0v) is 23.3. The Labute approximate surface area is 224 Å². The van der Waals surface area contributed by atoms with E-state index in [0.717, 1.165) is 4.57 Å². The molecule has 0 saturated carbocycles. The summed E-state index contributed by atoms with van der Waals surface area (Å²) in [5.74, 6) is -0.801. The molecule has 0 bridgehead atoms. The summed E-state index contributed by atoms with van der Waals surface area (Å²) in [6, 6.07) is 0.361. The van der Waals surface area contributed by atoms with Gasteiger partial charge in [-0.1, -0.05) is 0 Å². The van der Waals surface area contributed by atoms with Gasteiger partial charge < -0.3 is 34.1 Å². The number of alkyl carbamates (subject to hydrolysis) is 1. The minimum Gasteiger partial charge on any atom is -0.467 e. The quantitative estimate of drug-likeness (QED) is 0.306. The van der Waals surface area contributed by atoms with Gasteiger partial charge in [0.1, 0.15) is 30.0 Å². The largest absolute Gasteiger partial charge is 0.467 e. The van der Waals surface area contributed by atoms with Gasteiger partial charge >= 0.3 is 17.8 Å². The number of amides is 1. The summed E-state index contributed by atoms with van der Waals surface area (Å²) in [6.45, 7) is 8.44. The van der Waals surface area contributed by atoms with Crippen LogP contribution in [0.4, 0.5) is 4.79 Å². The van der Waals surface area contributed by atoms with Crippen LogP contribution in [0.1, 0.15) is 47.3 Å². The van der Waals surface area contributed by atoms with Crippen LogP contribution in [0.5, 0.6) is 0 Å². The van der Waals surface area contributed by atoms with Crippen molar-refractivity contribution in [2.75, 3.05) is 25.2 Å². The lowest BCUT2D eigenvalue weighted by molar-refractivity contribution is -0.200. The second-order valence-electron chi connectivity index (χ2n) is 10.5. The fourth-order valence-corrected chi connectivity index (χ4v) is 5.20. The summed E-state index contributed by atoms with van der Waals surface area (Å²) in [5, 5.41) is 12.2. The Morgan fingerprint density at radius 2 is 1.92 bits per heavy atom. The molecule has 3 rings (SSSR count). The highest BCUT2D eigenvalue weighted by Crippen LogP contribution is 2.42. The van der Waals surface area contributed by atoms with Crippen molar-refractivity contribution in [1.82, 2.24) is 14.5 Å². The van der Waals surface area contributed by atoms with Crippen molar-refractivity contribution in [2.45, 2.75) is 89.6 Å². The number of carbonyl (C=O) groups excluding carboxylic acids is 2. The van der Waals surface area contributed by atoms with Gasteiger partial charge in [0.15, 0.2) is 12.0 Å². The molecular formula is C24H37N3O10S. The van der Waals surface area contributed by atoms with Crippen molar-refractivity contribution < 1.29 is 38.4 Å². The molecule has 2 aliphatic rings. The molecule has 1 aromatic heterocycles. The molecule has 0 radical (unpaired) electrons. The van der Waals surface area contributed by atoms with E-state index in [9.17, 15) is 24.3 Å². The first-order valence-electron chi connectivity index (χ1n) is 12.4. The lowest BCUT2D eigenvalue weighted by atomic mass is 10.1. The highest BCUT2D eigenvalue weighted by Gasteiger charge is 2.55. The number of methoxy groups -OCH3 is 1. The van der Waals surface area contributed by atoms with Gasteiger partial charge in [0, 0.05) is 24.6 Å². The van der Waals surface area contributed by atoms with Gasteiger partial charge in [0.05, 0.1) is 13.7 Å². The Kier molecular flexibility index (Phi) is 9.68. The van der Waals surface area contributed by atoms with Crippen LogP contribution in [0.15, 0.2) is 21.9 Å². The molecule has 1 aromatic rings. The second kappa shape index (κ2) is 12.2. The van der Waals surface area contributed by atoms with E-state index in [0.29, 0.717) is 12.2 Å². The number of aromatic nitrogens is 2. The van der Waals surface area contributed by atoms with Crippen LogP contribution in [-0.4, -0.2) is 87.3 Å². The predicted octanol–water partition coefficient (Wildman–Crippen LogP) is 0.609. The number of hydrogen-bond acceptors (Lipinski definition) is 11. The van der Waals surface area contributed by atoms with E-state index in [1.165, 1.54) is 35.7 Å². The molecule has 38 heavy (non-hydrogen) atoms. The fraction of sp³-hybridized carbons (Fsp3) is 0.750. The summed E-state index contributed by atoms with van der Waals surface area (Å²) in [6.07, 6.45) is -1.66. The molecule has 2 aliphatic heterocycles. The third-order valence-electron chi connectivity index (χ3n) is 5.81. The first-order valence-corrected chi connectivity index (χ1v) is 13.5. The Morgan fingerprint density at radius 1 is 1.24 bits per heavy atom. The fourth-order valence-electron chi connectivity index (χ4n) is 4.25. The molecule has 5 atom stereocenters. The van der Waals surface area contributed by atoms with Crippen LogP contribution < -0.4 is 16.6 Å². The molecule has 3 heterocycles. The summed E-state index contributed by atoms with van der Waals surface area (Å²) in [4.78, 5) is 49.8. The van der Waals surface area contributed by atoms with E-state index in [1.54, 1.807) is 34.6 Å². The van der Waals surface area contributed by atoms with Gasteiger partial charge in [-0.25, -0.2) is 14.4 Å². The molecule has 13 nitrogen and oxygen atoms in total. The average Bonchev–Trinajstić information content (AvgIpc) is 3.30. The molecule has 0 unspecified atom stereocenters. The number of fused-ring (bicyclic) bond motifs is 1. The van der Waals surface area contributed by atoms with E-state index >= 15 is 0 Å². The third-order valence-corrected chi connectivity index (χ3v) is 6.95. The number of carbonyl (C=O) groups is 2. The van der Waals surface area contributed by atoms with Gasteiger partial charge in [-0.15, -0.1) is 0 Å². The third kappa shape index (κ3) is 7.38. The molecule has 214 valence electrons. The average molecular weight is 560 g/mol. The number of nitrogens with zero attached hydrogens (tertiary/aromatic N) is 2. The smallest absolute Gasteiger partial charge is 0.408 e. The van der Waals surface area contributed by atoms with Gasteiger partial charge in [-0.2, -0.15) is 11.8 Å². The molecule has 2 fully saturated rings. The number of aliphatic hydroxyl groups is 1. The normalized spacial score (nSPS) is 25.0. The standard InChI is InChI=1S/C24H37N3O10S/c1-23(2,3)37-21(31)25-14(20(30)33-6)13-38-11-7-9-26-16(29)8-10-27(22(26)32)19-18-17(15(12-28)34-19)35-24(4,5)36-18/h8,10,14-15,17-19,28H,7,9,11-13H2,1-6H3,(H,25,31)/t14-,15+,17+,18+,19+/m0/s1. The van der Waals surface area contributed by atoms with E-state index in [1.807, 2.05) is 0 Å². The summed E-state index contributed by atoms with van der Waals surface area (Å²) in [7, 11) is 1.23. The van der Waals surface area contributed by atoms with E-state index in [2.05, 4.69) is 5.32 Å². The van der Waals surface area contributed by atoms with Gasteiger partial charge in [0.25, 0.3) is 5.56 Å². The second-order valence-corrected chi connectivity index (χ2v) is 11.6. The predicted molar refractivity (Wildman–Crippen MR) is 137 cm³/mol. The number of ether oxygens (including phenoxy) is 5. The zero-order valence-electron chi connectivity index (χ0n) is 22.5. The number of esters is 1. The van der Waals surface area contributed by atoms with Crippen LogP contribution >= 0.6 is 11.8 Å². The van der Waals surface area contributed by atoms with E-state index in [-0.39, 0.29) is 18.9 Å². The van der Waals surface area contributed by atoms with Gasteiger partial charge in [-0.05, 0) is 46.8 Å². The molecule has 0 aromatic carbocycles. The number of aliphatic hydroxyl groups excluding tert-OH is 1. The Morgan fingerprint density at radius 3 is 2.55 bits per heavy atom. The Hall–Kier alpha value is -2.39. The summed E-state index contributed by atoms with van der Waals surface area (Å²) >= 11 is 1.36. The highest BCUT2D eigenvalue weighted by atomic mass is 32.2. The Balaban J connectivity index is 1.61. The first kappa shape index (κ1) is 30.2. The number of rotatable bonds is 10. The summed E-state index contributed by atoms with van der Waals surface area (Å²) < 4.78 is 30.0. The first-order chi connectivity index (χ1) is 17.8. The van der Waals surface area contributed by atoms with Crippen LogP contribution in [-0.2, 0) is 35.0 Å². The molecular weight excluding hydrogens is 522 g/mol. The maximum absolute atomic E-state index is 13.2.